The van der Waals surface area contributed by atoms with Gasteiger partial charge in [0.1, 0.15) is 6.61 Å². The smallest absolute Gasteiger partial charge is 0.338 e. The first kappa shape index (κ1) is 12.9. The highest BCUT2D eigenvalue weighted by Gasteiger charge is 2.18. The molecule has 18 heavy (non-hydrogen) atoms. The predicted octanol–water partition coefficient (Wildman–Crippen LogP) is 2.09. The Bertz CT molecular complexity index is 411. The van der Waals surface area contributed by atoms with Crippen molar-refractivity contribution >= 4 is 11.7 Å². The molecule has 98 valence electrons. The molecule has 4 heteroatoms. The van der Waals surface area contributed by atoms with Crippen LogP contribution in [-0.2, 0) is 9.47 Å². The Hall–Kier alpha value is -1.55. The van der Waals surface area contributed by atoms with Crippen molar-refractivity contribution in [2.45, 2.75) is 18.9 Å². The van der Waals surface area contributed by atoms with E-state index < -0.39 is 0 Å². The van der Waals surface area contributed by atoms with Crippen LogP contribution in [0, 0.1) is 0 Å². The van der Waals surface area contributed by atoms with Crippen molar-refractivity contribution in [1.82, 2.24) is 0 Å². The van der Waals surface area contributed by atoms with Gasteiger partial charge in [-0.05, 0) is 31.0 Å². The molecule has 1 heterocycles. The quantitative estimate of drug-likeness (QED) is 0.766. The van der Waals surface area contributed by atoms with E-state index in [4.69, 9.17) is 9.47 Å². The van der Waals surface area contributed by atoms with Gasteiger partial charge in [0, 0.05) is 26.4 Å². The number of hydrogen-bond donors (Lipinski definition) is 0. The summed E-state index contributed by atoms with van der Waals surface area (Å²) in [4.78, 5) is 13.8. The van der Waals surface area contributed by atoms with Crippen LogP contribution in [0.15, 0.2) is 24.3 Å². The van der Waals surface area contributed by atoms with Crippen molar-refractivity contribution in [3.8, 4) is 0 Å². The molecule has 0 saturated carbocycles. The molecule has 1 aliphatic heterocycles. The van der Waals surface area contributed by atoms with Crippen molar-refractivity contribution in [1.29, 1.82) is 0 Å². The van der Waals surface area contributed by atoms with Gasteiger partial charge in [0.25, 0.3) is 0 Å². The lowest BCUT2D eigenvalue weighted by molar-refractivity contribution is 0.0161. The molecule has 2 rings (SSSR count). The molecule has 0 spiro atoms. The first-order valence-electron chi connectivity index (χ1n) is 6.23. The van der Waals surface area contributed by atoms with Crippen LogP contribution in [-0.4, -0.2) is 39.4 Å². The zero-order chi connectivity index (χ0) is 13.0. The van der Waals surface area contributed by atoms with E-state index >= 15 is 0 Å². The minimum absolute atomic E-state index is 0.0750. The fourth-order valence-corrected chi connectivity index (χ4v) is 1.94. The third-order valence-corrected chi connectivity index (χ3v) is 3.02. The van der Waals surface area contributed by atoms with Gasteiger partial charge in [0.2, 0.25) is 0 Å². The Kier molecular flexibility index (Phi) is 4.20. The van der Waals surface area contributed by atoms with Gasteiger partial charge in [-0.15, -0.1) is 0 Å². The first-order valence-corrected chi connectivity index (χ1v) is 6.23. The van der Waals surface area contributed by atoms with Gasteiger partial charge >= 0.3 is 5.97 Å². The molecule has 1 atom stereocenters. The van der Waals surface area contributed by atoms with Crippen LogP contribution >= 0.6 is 0 Å². The number of ether oxygens (including phenoxy) is 2. The lowest BCUT2D eigenvalue weighted by atomic mass is 10.2. The van der Waals surface area contributed by atoms with Crippen molar-refractivity contribution in [2.24, 2.45) is 0 Å². The molecule has 0 aromatic heterocycles. The maximum absolute atomic E-state index is 11.9. The Labute approximate surface area is 107 Å². The SMILES string of the molecule is CN(C)c1cccc(C(=O)OC[C@@H]2CCCO2)c1. The normalized spacial score (nSPS) is 18.7. The molecule has 0 bridgehead atoms. The van der Waals surface area contributed by atoms with Crippen molar-refractivity contribution in [3.63, 3.8) is 0 Å². The number of benzene rings is 1. The lowest BCUT2D eigenvalue weighted by Crippen LogP contribution is -2.18. The average Bonchev–Trinajstić information content (AvgIpc) is 2.89. The number of esters is 1. The van der Waals surface area contributed by atoms with E-state index in [0.29, 0.717) is 12.2 Å². The molecule has 1 saturated heterocycles. The number of carbonyl (C=O) groups is 1. The van der Waals surface area contributed by atoms with Gasteiger partial charge in [-0.2, -0.15) is 0 Å². The van der Waals surface area contributed by atoms with Crippen LogP contribution in [0.2, 0.25) is 0 Å². The van der Waals surface area contributed by atoms with Gasteiger partial charge in [-0.3, -0.25) is 0 Å². The summed E-state index contributed by atoms with van der Waals surface area (Å²) >= 11 is 0. The molecule has 0 unspecified atom stereocenters. The van der Waals surface area contributed by atoms with Gasteiger partial charge in [-0.25, -0.2) is 4.79 Å². The molecule has 4 nitrogen and oxygen atoms in total. The maximum atomic E-state index is 11.9. The largest absolute Gasteiger partial charge is 0.459 e. The fourth-order valence-electron chi connectivity index (χ4n) is 1.94. The second kappa shape index (κ2) is 5.87. The third-order valence-electron chi connectivity index (χ3n) is 3.02. The second-order valence-corrected chi connectivity index (χ2v) is 4.68. The summed E-state index contributed by atoms with van der Waals surface area (Å²) in [5.41, 5.74) is 1.57. The van der Waals surface area contributed by atoms with Crippen molar-refractivity contribution in [2.75, 3.05) is 32.2 Å². The van der Waals surface area contributed by atoms with Crippen LogP contribution in [0.5, 0.6) is 0 Å². The predicted molar refractivity (Wildman–Crippen MR) is 70.0 cm³/mol. The number of hydrogen-bond acceptors (Lipinski definition) is 4. The summed E-state index contributed by atoms with van der Waals surface area (Å²) in [5, 5.41) is 0. The summed E-state index contributed by atoms with van der Waals surface area (Å²) in [5.74, 6) is -0.283. The standard InChI is InChI=1S/C14H19NO3/c1-15(2)12-6-3-5-11(9-12)14(16)18-10-13-7-4-8-17-13/h3,5-6,9,13H,4,7-8,10H2,1-2H3/t13-/m0/s1. The van der Waals surface area contributed by atoms with Crippen molar-refractivity contribution < 1.29 is 14.3 Å². The van der Waals surface area contributed by atoms with Crippen LogP contribution in [0.3, 0.4) is 0 Å². The van der Waals surface area contributed by atoms with E-state index in [1.54, 1.807) is 6.07 Å². The van der Waals surface area contributed by atoms with Gasteiger partial charge < -0.3 is 14.4 Å². The van der Waals surface area contributed by atoms with E-state index in [-0.39, 0.29) is 12.1 Å². The second-order valence-electron chi connectivity index (χ2n) is 4.68. The van der Waals surface area contributed by atoms with E-state index in [1.165, 1.54) is 0 Å². The summed E-state index contributed by atoms with van der Waals surface area (Å²) < 4.78 is 10.7. The molecule has 1 aromatic rings. The van der Waals surface area contributed by atoms with Crippen LogP contribution < -0.4 is 4.90 Å². The summed E-state index contributed by atoms with van der Waals surface area (Å²) in [6, 6.07) is 7.41. The minimum Gasteiger partial charge on any atom is -0.459 e. The molecular formula is C14H19NO3. The van der Waals surface area contributed by atoms with E-state index in [2.05, 4.69) is 0 Å². The number of anilines is 1. The lowest BCUT2D eigenvalue weighted by Gasteiger charge is -2.14. The first-order chi connectivity index (χ1) is 8.66. The summed E-state index contributed by atoms with van der Waals surface area (Å²) in [6.45, 7) is 1.13. The Balaban J connectivity index is 1.93. The fraction of sp³-hybridized carbons (Fsp3) is 0.500. The van der Waals surface area contributed by atoms with E-state index in [0.717, 1.165) is 25.1 Å². The summed E-state index contributed by atoms with van der Waals surface area (Å²) in [7, 11) is 3.88. The van der Waals surface area contributed by atoms with Crippen LogP contribution in [0.25, 0.3) is 0 Å². The van der Waals surface area contributed by atoms with E-state index in [9.17, 15) is 4.79 Å². The van der Waals surface area contributed by atoms with Gasteiger partial charge in [0.15, 0.2) is 0 Å². The molecular weight excluding hydrogens is 230 g/mol. The number of carbonyl (C=O) groups excluding carboxylic acids is 1. The highest BCUT2D eigenvalue weighted by Crippen LogP contribution is 2.16. The molecule has 0 aliphatic carbocycles. The Morgan fingerprint density at radius 2 is 2.33 bits per heavy atom. The van der Waals surface area contributed by atoms with Crippen LogP contribution in [0.4, 0.5) is 5.69 Å². The molecule has 0 N–H and O–H groups in total. The average molecular weight is 249 g/mol. The highest BCUT2D eigenvalue weighted by atomic mass is 16.6. The molecule has 0 radical (unpaired) electrons. The van der Waals surface area contributed by atoms with E-state index in [1.807, 2.05) is 37.2 Å². The summed E-state index contributed by atoms with van der Waals surface area (Å²) in [6.07, 6.45) is 2.11. The number of rotatable bonds is 4. The third kappa shape index (κ3) is 3.23. The molecule has 1 aliphatic rings. The Morgan fingerprint density at radius 3 is 3.00 bits per heavy atom. The minimum atomic E-state index is -0.283. The molecule has 1 fully saturated rings. The number of nitrogens with zero attached hydrogens (tertiary/aromatic N) is 1. The van der Waals surface area contributed by atoms with Crippen LogP contribution in [0.1, 0.15) is 23.2 Å². The monoisotopic (exact) mass is 249 g/mol. The molecule has 1 aromatic carbocycles. The van der Waals surface area contributed by atoms with Crippen molar-refractivity contribution in [3.05, 3.63) is 29.8 Å². The highest BCUT2D eigenvalue weighted by molar-refractivity contribution is 5.90. The Morgan fingerprint density at radius 1 is 1.50 bits per heavy atom. The topological polar surface area (TPSA) is 38.8 Å². The van der Waals surface area contributed by atoms with Gasteiger partial charge in [-0.1, -0.05) is 6.07 Å². The molecule has 0 amide bonds. The van der Waals surface area contributed by atoms with Gasteiger partial charge in [0.05, 0.1) is 11.7 Å². The zero-order valence-electron chi connectivity index (χ0n) is 10.9. The maximum Gasteiger partial charge on any atom is 0.338 e. The zero-order valence-corrected chi connectivity index (χ0v) is 10.9.